The molecule has 14 heavy (non-hydrogen) atoms. The Balaban J connectivity index is 2.12. The molecule has 0 radical (unpaired) electrons. The predicted octanol–water partition coefficient (Wildman–Crippen LogP) is 1.76. The molecule has 1 aliphatic carbocycles. The quantitative estimate of drug-likeness (QED) is 0.791. The van der Waals surface area contributed by atoms with Gasteiger partial charge in [0, 0.05) is 12.1 Å². The first-order chi connectivity index (χ1) is 6.78. The first-order valence-corrected chi connectivity index (χ1v) is 5.03. The number of hydrogen-bond donors (Lipinski definition) is 1. The van der Waals surface area contributed by atoms with E-state index in [0.717, 1.165) is 11.6 Å². The molecule has 76 valence electrons. The average molecular weight is 193 g/mol. The molecule has 0 amide bonds. The van der Waals surface area contributed by atoms with Gasteiger partial charge >= 0.3 is 0 Å². The van der Waals surface area contributed by atoms with Gasteiger partial charge < -0.3 is 10.1 Å². The van der Waals surface area contributed by atoms with Crippen molar-refractivity contribution in [1.29, 1.82) is 0 Å². The molecule has 0 spiro atoms. The molecule has 0 bridgehead atoms. The van der Waals surface area contributed by atoms with Crippen molar-refractivity contribution in [3.8, 4) is 5.88 Å². The minimum Gasteiger partial charge on any atom is -0.478 e. The van der Waals surface area contributed by atoms with E-state index in [0.29, 0.717) is 18.5 Å². The summed E-state index contributed by atoms with van der Waals surface area (Å²) in [7, 11) is 0. The molecule has 0 aromatic carbocycles. The maximum atomic E-state index is 5.34. The van der Waals surface area contributed by atoms with Crippen LogP contribution in [0.4, 0.5) is 5.82 Å². The Kier molecular flexibility index (Phi) is 2.52. The lowest BCUT2D eigenvalue weighted by molar-refractivity contribution is 0.325. The minimum atomic E-state index is 0.610. The summed E-state index contributed by atoms with van der Waals surface area (Å²) in [6.07, 6.45) is 2.49. The van der Waals surface area contributed by atoms with Crippen LogP contribution in [0.3, 0.4) is 0 Å². The van der Waals surface area contributed by atoms with Gasteiger partial charge in [0.2, 0.25) is 5.88 Å². The molecule has 4 nitrogen and oxygen atoms in total. The lowest BCUT2D eigenvalue weighted by atomic mass is 10.5. The summed E-state index contributed by atoms with van der Waals surface area (Å²) in [5.74, 6) is 2.28. The Labute approximate surface area is 83.7 Å². The second kappa shape index (κ2) is 3.82. The van der Waals surface area contributed by atoms with E-state index in [1.165, 1.54) is 12.8 Å². The summed E-state index contributed by atoms with van der Waals surface area (Å²) < 4.78 is 5.34. The fraction of sp³-hybridized carbons (Fsp3) is 0.600. The fourth-order valence-electron chi connectivity index (χ4n) is 1.27. The van der Waals surface area contributed by atoms with Crippen LogP contribution in [-0.2, 0) is 0 Å². The molecule has 1 aliphatic rings. The van der Waals surface area contributed by atoms with Gasteiger partial charge in [-0.2, -0.15) is 4.98 Å². The molecular formula is C10H15N3O. The zero-order valence-corrected chi connectivity index (χ0v) is 8.58. The lowest BCUT2D eigenvalue weighted by Gasteiger charge is -2.07. The number of anilines is 1. The van der Waals surface area contributed by atoms with E-state index < -0.39 is 0 Å². The van der Waals surface area contributed by atoms with Gasteiger partial charge in [0.1, 0.15) is 11.6 Å². The van der Waals surface area contributed by atoms with Crippen LogP contribution in [-0.4, -0.2) is 22.6 Å². The summed E-state index contributed by atoms with van der Waals surface area (Å²) in [5.41, 5.74) is 0. The van der Waals surface area contributed by atoms with E-state index >= 15 is 0 Å². The number of aromatic nitrogens is 2. The van der Waals surface area contributed by atoms with Crippen molar-refractivity contribution in [1.82, 2.24) is 9.97 Å². The third kappa shape index (κ3) is 2.34. The second-order valence-corrected chi connectivity index (χ2v) is 3.49. The first kappa shape index (κ1) is 9.24. The summed E-state index contributed by atoms with van der Waals surface area (Å²) in [6.45, 7) is 4.46. The zero-order chi connectivity index (χ0) is 9.97. The number of nitrogens with zero attached hydrogens (tertiary/aromatic N) is 2. The SMILES string of the molecule is CCOc1cc(NC2CC2)nc(C)n1. The van der Waals surface area contributed by atoms with Gasteiger partial charge in [0.05, 0.1) is 6.61 Å². The van der Waals surface area contributed by atoms with Crippen LogP contribution in [0.15, 0.2) is 6.07 Å². The van der Waals surface area contributed by atoms with Gasteiger partial charge in [0.25, 0.3) is 0 Å². The van der Waals surface area contributed by atoms with Gasteiger partial charge in [0.15, 0.2) is 0 Å². The van der Waals surface area contributed by atoms with E-state index in [1.54, 1.807) is 0 Å². The number of aryl methyl sites for hydroxylation is 1. The van der Waals surface area contributed by atoms with Crippen molar-refractivity contribution < 1.29 is 4.74 Å². The van der Waals surface area contributed by atoms with Crippen molar-refractivity contribution in [3.05, 3.63) is 11.9 Å². The Morgan fingerprint density at radius 2 is 2.29 bits per heavy atom. The molecule has 1 N–H and O–H groups in total. The van der Waals surface area contributed by atoms with E-state index in [-0.39, 0.29) is 0 Å². The monoisotopic (exact) mass is 193 g/mol. The molecule has 2 rings (SSSR count). The van der Waals surface area contributed by atoms with Gasteiger partial charge in [-0.05, 0) is 26.7 Å². The Bertz CT molecular complexity index is 323. The largest absolute Gasteiger partial charge is 0.478 e. The maximum Gasteiger partial charge on any atom is 0.218 e. The standard InChI is InChI=1S/C10H15N3O/c1-3-14-10-6-9(11-7(2)12-10)13-8-4-5-8/h6,8H,3-5H2,1-2H3,(H,11,12,13). The fourth-order valence-corrected chi connectivity index (χ4v) is 1.27. The molecule has 0 unspecified atom stereocenters. The van der Waals surface area contributed by atoms with Crippen LogP contribution in [0, 0.1) is 6.92 Å². The first-order valence-electron chi connectivity index (χ1n) is 5.03. The van der Waals surface area contributed by atoms with E-state index in [9.17, 15) is 0 Å². The van der Waals surface area contributed by atoms with Crippen molar-refractivity contribution >= 4 is 5.82 Å². The minimum absolute atomic E-state index is 0.610. The third-order valence-electron chi connectivity index (χ3n) is 2.04. The van der Waals surface area contributed by atoms with E-state index in [2.05, 4.69) is 15.3 Å². The van der Waals surface area contributed by atoms with Crippen molar-refractivity contribution in [3.63, 3.8) is 0 Å². The smallest absolute Gasteiger partial charge is 0.218 e. The summed E-state index contributed by atoms with van der Waals surface area (Å²) >= 11 is 0. The van der Waals surface area contributed by atoms with Crippen molar-refractivity contribution in [2.45, 2.75) is 32.7 Å². The highest BCUT2D eigenvalue weighted by Crippen LogP contribution is 2.24. The topological polar surface area (TPSA) is 47.0 Å². The maximum absolute atomic E-state index is 5.34. The molecule has 0 aliphatic heterocycles. The molecule has 1 heterocycles. The van der Waals surface area contributed by atoms with E-state index in [4.69, 9.17) is 4.74 Å². The number of rotatable bonds is 4. The second-order valence-electron chi connectivity index (χ2n) is 3.49. The molecule has 4 heteroatoms. The molecular weight excluding hydrogens is 178 g/mol. The molecule has 1 saturated carbocycles. The summed E-state index contributed by atoms with van der Waals surface area (Å²) in [6, 6.07) is 2.47. The molecule has 0 atom stereocenters. The summed E-state index contributed by atoms with van der Waals surface area (Å²) in [4.78, 5) is 8.47. The molecule has 1 aromatic rings. The Morgan fingerprint density at radius 3 is 2.93 bits per heavy atom. The molecule has 1 aromatic heterocycles. The van der Waals surface area contributed by atoms with Gasteiger partial charge in [-0.15, -0.1) is 0 Å². The van der Waals surface area contributed by atoms with Crippen molar-refractivity contribution in [2.75, 3.05) is 11.9 Å². The lowest BCUT2D eigenvalue weighted by Crippen LogP contribution is -2.06. The van der Waals surface area contributed by atoms with Crippen molar-refractivity contribution in [2.24, 2.45) is 0 Å². The predicted molar refractivity (Wildman–Crippen MR) is 54.6 cm³/mol. The van der Waals surface area contributed by atoms with Crippen LogP contribution >= 0.6 is 0 Å². The van der Waals surface area contributed by atoms with Crippen LogP contribution < -0.4 is 10.1 Å². The highest BCUT2D eigenvalue weighted by molar-refractivity contribution is 5.40. The number of hydrogen-bond acceptors (Lipinski definition) is 4. The Hall–Kier alpha value is -1.32. The number of ether oxygens (including phenoxy) is 1. The van der Waals surface area contributed by atoms with Gasteiger partial charge in [-0.1, -0.05) is 0 Å². The van der Waals surface area contributed by atoms with Crippen LogP contribution in [0.1, 0.15) is 25.6 Å². The van der Waals surface area contributed by atoms with Crippen LogP contribution in [0.5, 0.6) is 5.88 Å². The Morgan fingerprint density at radius 1 is 1.50 bits per heavy atom. The zero-order valence-electron chi connectivity index (χ0n) is 8.58. The third-order valence-corrected chi connectivity index (χ3v) is 2.04. The normalized spacial score (nSPS) is 15.3. The number of nitrogens with one attached hydrogen (secondary N) is 1. The average Bonchev–Trinajstić information content (AvgIpc) is 2.87. The highest BCUT2D eigenvalue weighted by Gasteiger charge is 2.21. The van der Waals surface area contributed by atoms with Gasteiger partial charge in [-0.25, -0.2) is 4.98 Å². The molecule has 1 fully saturated rings. The molecule has 0 saturated heterocycles. The van der Waals surface area contributed by atoms with Gasteiger partial charge in [-0.3, -0.25) is 0 Å². The van der Waals surface area contributed by atoms with Crippen LogP contribution in [0.25, 0.3) is 0 Å². The van der Waals surface area contributed by atoms with Crippen LogP contribution in [0.2, 0.25) is 0 Å². The summed E-state index contributed by atoms with van der Waals surface area (Å²) in [5, 5.41) is 3.32. The van der Waals surface area contributed by atoms with E-state index in [1.807, 2.05) is 19.9 Å². The highest BCUT2D eigenvalue weighted by atomic mass is 16.5.